The number of carbonyl (C=O) groups is 2. The predicted molar refractivity (Wildman–Crippen MR) is 68.5 cm³/mol. The minimum absolute atomic E-state index is 0.0188. The van der Waals surface area contributed by atoms with Gasteiger partial charge in [-0.15, -0.1) is 0 Å². The van der Waals surface area contributed by atoms with Crippen molar-refractivity contribution in [3.63, 3.8) is 0 Å². The molecule has 6 nitrogen and oxygen atoms in total. The van der Waals surface area contributed by atoms with E-state index in [-0.39, 0.29) is 36.5 Å². The molecule has 0 aromatic heterocycles. The molecule has 110 valence electrons. The first-order chi connectivity index (χ1) is 8.64. The number of hydrogen-bond donors (Lipinski definition) is 3. The molecule has 1 aliphatic rings. The summed E-state index contributed by atoms with van der Waals surface area (Å²) < 4.78 is 5.59. The fourth-order valence-electron chi connectivity index (χ4n) is 2.50. The molecule has 5 atom stereocenters. The van der Waals surface area contributed by atoms with Gasteiger partial charge in [0.2, 0.25) is 5.91 Å². The van der Waals surface area contributed by atoms with Crippen molar-refractivity contribution >= 4 is 11.9 Å². The first-order valence-corrected chi connectivity index (χ1v) is 6.51. The van der Waals surface area contributed by atoms with Crippen molar-refractivity contribution < 1.29 is 24.5 Å². The van der Waals surface area contributed by atoms with E-state index in [4.69, 9.17) is 9.84 Å². The first kappa shape index (κ1) is 15.9. The summed E-state index contributed by atoms with van der Waals surface area (Å²) in [6.07, 6.45) is -0.560. The van der Waals surface area contributed by atoms with Gasteiger partial charge in [-0.05, 0) is 26.7 Å². The zero-order valence-electron chi connectivity index (χ0n) is 11.8. The molecule has 1 heterocycles. The largest absolute Gasteiger partial charge is 0.481 e. The third-order valence-electron chi connectivity index (χ3n) is 3.72. The number of carboxylic acids is 1. The monoisotopic (exact) mass is 273 g/mol. The van der Waals surface area contributed by atoms with Crippen LogP contribution in [0.5, 0.6) is 0 Å². The lowest BCUT2D eigenvalue weighted by atomic mass is 9.88. The zero-order valence-corrected chi connectivity index (χ0v) is 11.8. The molecule has 0 aliphatic carbocycles. The highest BCUT2D eigenvalue weighted by atomic mass is 16.5. The SMILES string of the molecule is CC1OC(C)C(C(=O)NCC(C)(O)CC(=O)O)C1C. The quantitative estimate of drug-likeness (QED) is 0.673. The molecule has 0 radical (unpaired) electrons. The van der Waals surface area contributed by atoms with Crippen LogP contribution in [0.3, 0.4) is 0 Å². The van der Waals surface area contributed by atoms with Crippen LogP contribution in [0.15, 0.2) is 0 Å². The van der Waals surface area contributed by atoms with Gasteiger partial charge in [0, 0.05) is 6.54 Å². The zero-order chi connectivity index (χ0) is 14.8. The van der Waals surface area contributed by atoms with Crippen molar-refractivity contribution in [1.82, 2.24) is 5.32 Å². The molecule has 0 saturated carbocycles. The maximum Gasteiger partial charge on any atom is 0.306 e. The van der Waals surface area contributed by atoms with E-state index in [9.17, 15) is 14.7 Å². The second-order valence-corrected chi connectivity index (χ2v) is 5.72. The standard InChI is InChI=1S/C13H23NO5/c1-7-8(2)19-9(3)11(7)12(17)14-6-13(4,18)5-10(15)16/h7-9,11,18H,5-6H2,1-4H3,(H,14,17)(H,15,16). The van der Waals surface area contributed by atoms with Crippen LogP contribution in [0.1, 0.15) is 34.1 Å². The van der Waals surface area contributed by atoms with Crippen LogP contribution in [-0.4, -0.2) is 46.4 Å². The molecule has 5 unspecified atom stereocenters. The van der Waals surface area contributed by atoms with Crippen molar-refractivity contribution in [2.75, 3.05) is 6.54 Å². The number of rotatable bonds is 5. The van der Waals surface area contributed by atoms with E-state index in [0.29, 0.717) is 0 Å². The molecule has 1 aliphatic heterocycles. The minimum atomic E-state index is -1.45. The highest BCUT2D eigenvalue weighted by Gasteiger charge is 2.41. The summed E-state index contributed by atoms with van der Waals surface area (Å²) in [5, 5.41) is 21.1. The van der Waals surface area contributed by atoms with E-state index in [1.165, 1.54) is 6.92 Å². The maximum atomic E-state index is 12.1. The Labute approximate surface area is 113 Å². The van der Waals surface area contributed by atoms with Crippen LogP contribution in [0.4, 0.5) is 0 Å². The normalized spacial score (nSPS) is 33.7. The summed E-state index contributed by atoms with van der Waals surface area (Å²) in [5.41, 5.74) is -1.45. The van der Waals surface area contributed by atoms with Crippen molar-refractivity contribution in [3.8, 4) is 0 Å². The van der Waals surface area contributed by atoms with E-state index in [1.54, 1.807) is 0 Å². The molecule has 0 aromatic rings. The lowest BCUT2D eigenvalue weighted by molar-refractivity contribution is -0.142. The Morgan fingerprint density at radius 1 is 1.26 bits per heavy atom. The van der Waals surface area contributed by atoms with Gasteiger partial charge in [-0.1, -0.05) is 6.92 Å². The third kappa shape index (κ3) is 4.18. The summed E-state index contributed by atoms with van der Waals surface area (Å²) in [6.45, 7) is 7.03. The van der Waals surface area contributed by atoms with Crippen LogP contribution < -0.4 is 5.32 Å². The molecular formula is C13H23NO5. The average molecular weight is 273 g/mol. The number of amides is 1. The van der Waals surface area contributed by atoms with E-state index in [2.05, 4.69) is 5.32 Å². The summed E-state index contributed by atoms with van der Waals surface area (Å²) >= 11 is 0. The summed E-state index contributed by atoms with van der Waals surface area (Å²) in [5.74, 6) is -1.47. The molecule has 1 saturated heterocycles. The Kier molecular flexibility index (Phi) is 4.92. The maximum absolute atomic E-state index is 12.1. The number of ether oxygens (including phenoxy) is 1. The number of aliphatic hydroxyl groups is 1. The second-order valence-electron chi connectivity index (χ2n) is 5.72. The first-order valence-electron chi connectivity index (χ1n) is 6.51. The van der Waals surface area contributed by atoms with Crippen LogP contribution >= 0.6 is 0 Å². The molecule has 0 bridgehead atoms. The topological polar surface area (TPSA) is 95.9 Å². The second kappa shape index (κ2) is 5.88. The van der Waals surface area contributed by atoms with Gasteiger partial charge in [-0.25, -0.2) is 0 Å². The lowest BCUT2D eigenvalue weighted by Crippen LogP contribution is -2.46. The van der Waals surface area contributed by atoms with Crippen LogP contribution in [0.2, 0.25) is 0 Å². The fourth-order valence-corrected chi connectivity index (χ4v) is 2.50. The van der Waals surface area contributed by atoms with Crippen molar-refractivity contribution in [2.24, 2.45) is 11.8 Å². The van der Waals surface area contributed by atoms with Crippen LogP contribution in [0.25, 0.3) is 0 Å². The van der Waals surface area contributed by atoms with E-state index in [1.807, 2.05) is 20.8 Å². The van der Waals surface area contributed by atoms with Crippen molar-refractivity contribution in [2.45, 2.75) is 51.9 Å². The van der Waals surface area contributed by atoms with Gasteiger partial charge in [0.25, 0.3) is 0 Å². The van der Waals surface area contributed by atoms with Gasteiger partial charge in [0.1, 0.15) is 0 Å². The lowest BCUT2D eigenvalue weighted by Gasteiger charge is -2.24. The number of carboxylic acid groups (broad SMARTS) is 1. The van der Waals surface area contributed by atoms with Crippen molar-refractivity contribution in [3.05, 3.63) is 0 Å². The van der Waals surface area contributed by atoms with Gasteiger partial charge >= 0.3 is 5.97 Å². The van der Waals surface area contributed by atoms with Crippen LogP contribution in [0, 0.1) is 11.8 Å². The Bertz CT molecular complexity index is 355. The number of hydrogen-bond acceptors (Lipinski definition) is 4. The van der Waals surface area contributed by atoms with E-state index < -0.39 is 18.0 Å². The Morgan fingerprint density at radius 2 is 1.84 bits per heavy atom. The summed E-state index contributed by atoms with van der Waals surface area (Å²) in [6, 6.07) is 0. The average Bonchev–Trinajstić information content (AvgIpc) is 2.48. The number of carbonyl (C=O) groups excluding carboxylic acids is 1. The van der Waals surface area contributed by atoms with Gasteiger partial charge in [0.05, 0.1) is 30.1 Å². The van der Waals surface area contributed by atoms with E-state index in [0.717, 1.165) is 0 Å². The molecule has 1 rings (SSSR count). The van der Waals surface area contributed by atoms with E-state index >= 15 is 0 Å². The molecule has 0 spiro atoms. The Morgan fingerprint density at radius 3 is 2.26 bits per heavy atom. The summed E-state index contributed by atoms with van der Waals surface area (Å²) in [4.78, 5) is 22.7. The molecule has 3 N–H and O–H groups in total. The third-order valence-corrected chi connectivity index (χ3v) is 3.72. The smallest absolute Gasteiger partial charge is 0.306 e. The Balaban J connectivity index is 2.54. The minimum Gasteiger partial charge on any atom is -0.481 e. The Hall–Kier alpha value is -1.14. The van der Waals surface area contributed by atoms with Gasteiger partial charge < -0.3 is 20.3 Å². The molecule has 1 fully saturated rings. The molecule has 1 amide bonds. The van der Waals surface area contributed by atoms with Gasteiger partial charge in [0.15, 0.2) is 0 Å². The summed E-state index contributed by atoms with van der Waals surface area (Å²) in [7, 11) is 0. The molecule has 0 aromatic carbocycles. The van der Waals surface area contributed by atoms with Crippen molar-refractivity contribution in [1.29, 1.82) is 0 Å². The van der Waals surface area contributed by atoms with Crippen LogP contribution in [-0.2, 0) is 14.3 Å². The molecule has 19 heavy (non-hydrogen) atoms. The molecule has 6 heteroatoms. The number of aliphatic carboxylic acids is 1. The number of nitrogens with one attached hydrogen (secondary N) is 1. The predicted octanol–water partition coefficient (Wildman–Crippen LogP) is 0.388. The highest BCUT2D eigenvalue weighted by Crippen LogP contribution is 2.32. The fraction of sp³-hybridized carbons (Fsp3) is 0.846. The van der Waals surface area contributed by atoms with Gasteiger partial charge in [-0.3, -0.25) is 9.59 Å². The molecular weight excluding hydrogens is 250 g/mol. The van der Waals surface area contributed by atoms with Gasteiger partial charge in [-0.2, -0.15) is 0 Å². The highest BCUT2D eigenvalue weighted by molar-refractivity contribution is 5.80.